The van der Waals surface area contributed by atoms with E-state index in [9.17, 15) is 14.4 Å². The van der Waals surface area contributed by atoms with Crippen LogP contribution < -0.4 is 21.3 Å². The van der Waals surface area contributed by atoms with Gasteiger partial charge in [-0.1, -0.05) is 11.6 Å². The molecule has 0 saturated carbocycles. The highest BCUT2D eigenvalue weighted by Gasteiger charge is 2.22. The fourth-order valence-corrected chi connectivity index (χ4v) is 3.92. The predicted molar refractivity (Wildman–Crippen MR) is 123 cm³/mol. The molecule has 0 fully saturated rings. The van der Waals surface area contributed by atoms with Crippen molar-refractivity contribution in [3.63, 3.8) is 0 Å². The number of halogens is 1. The molecule has 172 valence electrons. The molecule has 0 aliphatic carbocycles. The van der Waals surface area contributed by atoms with Crippen molar-refractivity contribution in [1.82, 2.24) is 18.9 Å². The van der Waals surface area contributed by atoms with Crippen molar-refractivity contribution >= 4 is 34.2 Å². The van der Waals surface area contributed by atoms with Crippen molar-refractivity contribution in [2.75, 3.05) is 12.4 Å². The van der Waals surface area contributed by atoms with Crippen molar-refractivity contribution in [2.24, 2.45) is 0 Å². The van der Waals surface area contributed by atoms with Crippen molar-refractivity contribution in [2.45, 2.75) is 33.5 Å². The minimum Gasteiger partial charge on any atom is -0.495 e. The number of nitrogens with one attached hydrogen (secondary N) is 1. The first-order valence-electron chi connectivity index (χ1n) is 10.2. The lowest BCUT2D eigenvalue weighted by molar-refractivity contribution is -0.116. The van der Waals surface area contributed by atoms with E-state index in [0.29, 0.717) is 40.0 Å². The summed E-state index contributed by atoms with van der Waals surface area (Å²) in [5, 5.41) is 7.53. The Labute approximate surface area is 192 Å². The number of nitrogens with zero attached hydrogens (tertiary/aromatic N) is 4. The van der Waals surface area contributed by atoms with Gasteiger partial charge >= 0.3 is 5.69 Å². The number of hydrogen-bond donors (Lipinski definition) is 1. The Bertz CT molecular complexity index is 1450. The summed E-state index contributed by atoms with van der Waals surface area (Å²) in [4.78, 5) is 39.6. The Morgan fingerprint density at radius 1 is 1.21 bits per heavy atom. The summed E-state index contributed by atoms with van der Waals surface area (Å²) in [7, 11) is 1.47. The molecule has 1 amide bonds. The summed E-state index contributed by atoms with van der Waals surface area (Å²) in [5.41, 5.74) is 0.256. The van der Waals surface area contributed by atoms with E-state index in [0.717, 1.165) is 4.57 Å². The molecule has 11 heteroatoms. The third kappa shape index (κ3) is 4.17. The maximum atomic E-state index is 13.4. The van der Waals surface area contributed by atoms with Crippen molar-refractivity contribution < 1.29 is 13.9 Å². The normalized spacial score (nSPS) is 11.2. The standard InChI is InChI=1S/C22H22ClN5O5/c1-4-28-20-19(13(2)25-28)26(22(31)27(21(20)30)11-15-6-5-9-33-15)12-18(29)24-16-10-14(23)7-8-17(16)32-3/h5-10H,4,11-12H2,1-3H3,(H,24,29). The molecule has 0 atom stereocenters. The van der Waals surface area contributed by atoms with E-state index in [1.54, 1.807) is 37.3 Å². The van der Waals surface area contributed by atoms with Gasteiger partial charge in [-0.3, -0.25) is 23.4 Å². The summed E-state index contributed by atoms with van der Waals surface area (Å²) < 4.78 is 14.4. The second-order valence-electron chi connectivity index (χ2n) is 7.33. The van der Waals surface area contributed by atoms with Gasteiger partial charge in [0.25, 0.3) is 5.56 Å². The maximum absolute atomic E-state index is 13.4. The van der Waals surface area contributed by atoms with Gasteiger partial charge in [0, 0.05) is 11.6 Å². The van der Waals surface area contributed by atoms with Crippen LogP contribution in [-0.2, 0) is 24.4 Å². The number of methoxy groups -OCH3 is 1. The van der Waals surface area contributed by atoms with E-state index in [-0.39, 0.29) is 18.6 Å². The van der Waals surface area contributed by atoms with Crippen LogP contribution in [0, 0.1) is 6.92 Å². The molecule has 1 N–H and O–H groups in total. The highest BCUT2D eigenvalue weighted by atomic mass is 35.5. The minimum atomic E-state index is -0.643. The van der Waals surface area contributed by atoms with E-state index < -0.39 is 17.2 Å². The van der Waals surface area contributed by atoms with E-state index in [4.69, 9.17) is 20.8 Å². The fraction of sp³-hybridized carbons (Fsp3) is 0.273. The lowest BCUT2D eigenvalue weighted by Crippen LogP contribution is -2.42. The minimum absolute atomic E-state index is 0.0711. The Hall–Kier alpha value is -3.79. The van der Waals surface area contributed by atoms with Gasteiger partial charge in [0.15, 0.2) is 5.52 Å². The van der Waals surface area contributed by atoms with Gasteiger partial charge in [-0.2, -0.15) is 5.10 Å². The average Bonchev–Trinajstić information content (AvgIpc) is 3.42. The first-order valence-corrected chi connectivity index (χ1v) is 10.6. The summed E-state index contributed by atoms with van der Waals surface area (Å²) in [6.45, 7) is 3.54. The van der Waals surface area contributed by atoms with Crippen LogP contribution >= 0.6 is 11.6 Å². The number of aromatic nitrogens is 4. The van der Waals surface area contributed by atoms with Gasteiger partial charge in [0.05, 0.1) is 31.3 Å². The molecule has 0 aliphatic heterocycles. The predicted octanol–water partition coefficient (Wildman–Crippen LogP) is 2.63. The molecule has 0 spiro atoms. The van der Waals surface area contributed by atoms with Gasteiger partial charge in [-0.05, 0) is 44.2 Å². The van der Waals surface area contributed by atoms with Gasteiger partial charge in [-0.25, -0.2) is 4.79 Å². The second-order valence-corrected chi connectivity index (χ2v) is 7.77. The number of fused-ring (bicyclic) bond motifs is 1. The van der Waals surface area contributed by atoms with Gasteiger partial charge < -0.3 is 14.5 Å². The fourth-order valence-electron chi connectivity index (χ4n) is 3.75. The third-order valence-electron chi connectivity index (χ3n) is 5.21. The van der Waals surface area contributed by atoms with E-state index >= 15 is 0 Å². The summed E-state index contributed by atoms with van der Waals surface area (Å²) >= 11 is 6.05. The van der Waals surface area contributed by atoms with Crippen LogP contribution in [0.15, 0.2) is 50.6 Å². The first kappa shape index (κ1) is 22.4. The molecular weight excluding hydrogens is 450 g/mol. The number of amides is 1. The number of carbonyl (C=O) groups is 1. The molecule has 3 heterocycles. The smallest absolute Gasteiger partial charge is 0.332 e. The number of benzene rings is 1. The lowest BCUT2D eigenvalue weighted by atomic mass is 10.3. The molecule has 0 saturated heterocycles. The molecule has 33 heavy (non-hydrogen) atoms. The number of rotatable bonds is 7. The van der Waals surface area contributed by atoms with Crippen molar-refractivity contribution in [3.8, 4) is 5.75 Å². The molecule has 0 bridgehead atoms. The number of anilines is 1. The second kappa shape index (κ2) is 8.99. The quantitative estimate of drug-likeness (QED) is 0.443. The van der Waals surface area contributed by atoms with Crippen LogP contribution in [0.4, 0.5) is 5.69 Å². The Balaban J connectivity index is 1.82. The summed E-state index contributed by atoms with van der Waals surface area (Å²) in [6, 6.07) is 8.15. The van der Waals surface area contributed by atoms with Crippen LogP contribution in [0.1, 0.15) is 18.4 Å². The molecule has 1 aromatic carbocycles. The SMILES string of the molecule is CCn1nc(C)c2c1c(=O)n(Cc1ccco1)c(=O)n2CC(=O)Nc1cc(Cl)ccc1OC. The number of furan rings is 1. The topological polar surface area (TPSA) is 113 Å². The molecular formula is C22H22ClN5O5. The molecule has 4 aromatic rings. The molecule has 10 nitrogen and oxygen atoms in total. The molecule has 0 unspecified atom stereocenters. The van der Waals surface area contributed by atoms with Gasteiger partial charge in [0.1, 0.15) is 23.6 Å². The molecule has 3 aromatic heterocycles. The van der Waals surface area contributed by atoms with E-state index in [1.807, 2.05) is 6.92 Å². The highest BCUT2D eigenvalue weighted by Crippen LogP contribution is 2.27. The largest absolute Gasteiger partial charge is 0.495 e. The molecule has 4 rings (SSSR count). The van der Waals surface area contributed by atoms with E-state index in [2.05, 4.69) is 10.4 Å². The molecule has 0 aliphatic rings. The zero-order valence-corrected chi connectivity index (χ0v) is 19.0. The van der Waals surface area contributed by atoms with Crippen LogP contribution in [0.2, 0.25) is 5.02 Å². The third-order valence-corrected chi connectivity index (χ3v) is 5.44. The number of hydrogen-bond acceptors (Lipinski definition) is 6. The van der Waals surface area contributed by atoms with Crippen LogP contribution in [0.5, 0.6) is 5.75 Å². The van der Waals surface area contributed by atoms with E-state index in [1.165, 1.54) is 22.6 Å². The average molecular weight is 472 g/mol. The Morgan fingerprint density at radius 3 is 2.67 bits per heavy atom. The number of aryl methyl sites for hydroxylation is 2. The van der Waals surface area contributed by atoms with Crippen LogP contribution in [0.25, 0.3) is 11.0 Å². The number of ether oxygens (including phenoxy) is 1. The summed E-state index contributed by atoms with van der Waals surface area (Å²) in [5.74, 6) is 0.362. The zero-order valence-electron chi connectivity index (χ0n) is 18.3. The molecule has 0 radical (unpaired) electrons. The Morgan fingerprint density at radius 2 is 2.00 bits per heavy atom. The van der Waals surface area contributed by atoms with Crippen molar-refractivity contribution in [1.29, 1.82) is 0 Å². The zero-order chi connectivity index (χ0) is 23.7. The van der Waals surface area contributed by atoms with Crippen molar-refractivity contribution in [3.05, 3.63) is 73.9 Å². The Kier molecular flexibility index (Phi) is 6.10. The first-order chi connectivity index (χ1) is 15.8. The van der Waals surface area contributed by atoms with Crippen LogP contribution in [-0.4, -0.2) is 31.9 Å². The highest BCUT2D eigenvalue weighted by molar-refractivity contribution is 6.31. The monoisotopic (exact) mass is 471 g/mol. The van der Waals surface area contributed by atoms with Gasteiger partial charge in [0.2, 0.25) is 5.91 Å². The lowest BCUT2D eigenvalue weighted by Gasteiger charge is -2.14. The summed E-state index contributed by atoms with van der Waals surface area (Å²) in [6.07, 6.45) is 1.46. The number of carbonyl (C=O) groups excluding carboxylic acids is 1. The maximum Gasteiger partial charge on any atom is 0.332 e. The van der Waals surface area contributed by atoms with Gasteiger partial charge in [-0.15, -0.1) is 0 Å². The van der Waals surface area contributed by atoms with Crippen LogP contribution in [0.3, 0.4) is 0 Å².